The van der Waals surface area contributed by atoms with E-state index in [4.69, 9.17) is 9.84 Å². The summed E-state index contributed by atoms with van der Waals surface area (Å²) in [7, 11) is 1.48. The van der Waals surface area contributed by atoms with Crippen molar-refractivity contribution in [2.75, 3.05) is 31.8 Å². The highest BCUT2D eigenvalue weighted by Crippen LogP contribution is 2.03. The van der Waals surface area contributed by atoms with Crippen molar-refractivity contribution in [3.63, 3.8) is 0 Å². The first kappa shape index (κ1) is 19.2. The van der Waals surface area contributed by atoms with Crippen LogP contribution in [0.1, 0.15) is 6.92 Å². The largest absolute Gasteiger partial charge is 0.480 e. The van der Waals surface area contributed by atoms with Gasteiger partial charge in [-0.1, -0.05) is 0 Å². The van der Waals surface area contributed by atoms with E-state index in [0.717, 1.165) is 11.8 Å². The molecule has 0 bridgehead atoms. The number of carbonyl (C=O) groups is 4. The number of hydrogen-bond acceptors (Lipinski definition) is 6. The van der Waals surface area contributed by atoms with Crippen LogP contribution in [0.3, 0.4) is 0 Å². The Morgan fingerprint density at radius 3 is 2.48 bits per heavy atom. The van der Waals surface area contributed by atoms with Gasteiger partial charge in [0.05, 0.1) is 12.4 Å². The topological polar surface area (TPSA) is 134 Å². The summed E-state index contributed by atoms with van der Waals surface area (Å²) in [6, 6.07) is -1.72. The third-order valence-corrected chi connectivity index (χ3v) is 3.07. The second-order valence-corrected chi connectivity index (χ2v) is 4.93. The van der Waals surface area contributed by atoms with E-state index in [2.05, 4.69) is 16.0 Å². The lowest BCUT2D eigenvalue weighted by molar-refractivity contribution is -0.140. The number of urea groups is 1. The maximum atomic E-state index is 11.4. The molecule has 0 aliphatic heterocycles. The molecule has 120 valence electrons. The third-order valence-electron chi connectivity index (χ3n) is 2.04. The Morgan fingerprint density at radius 1 is 1.29 bits per heavy atom. The summed E-state index contributed by atoms with van der Waals surface area (Å²) >= 11 is 0.998. The Morgan fingerprint density at radius 2 is 1.95 bits per heavy atom. The number of ether oxygens (including phenoxy) is 1. The summed E-state index contributed by atoms with van der Waals surface area (Å²) in [6.07, 6.45) is 0. The molecule has 0 radical (unpaired) electrons. The smallest absolute Gasteiger partial charge is 0.327 e. The lowest BCUT2D eigenvalue weighted by Gasteiger charge is -2.12. The van der Waals surface area contributed by atoms with E-state index in [-0.39, 0.29) is 18.1 Å². The number of rotatable bonds is 9. The van der Waals surface area contributed by atoms with E-state index in [1.54, 1.807) is 0 Å². The zero-order valence-corrected chi connectivity index (χ0v) is 12.6. The van der Waals surface area contributed by atoms with Gasteiger partial charge in [-0.15, -0.1) is 11.8 Å². The Kier molecular flexibility index (Phi) is 9.98. The molecule has 4 amide bonds. The average molecular weight is 321 g/mol. The van der Waals surface area contributed by atoms with Crippen LogP contribution in [-0.2, 0) is 19.1 Å². The highest BCUT2D eigenvalue weighted by atomic mass is 32.2. The minimum absolute atomic E-state index is 0.0215. The number of hydrogen-bond donors (Lipinski definition) is 4. The molecule has 0 heterocycles. The number of aliphatic carboxylic acids is 1. The molecule has 0 aliphatic carbocycles. The molecule has 4 N–H and O–H groups in total. The molecule has 1 atom stereocenters. The van der Waals surface area contributed by atoms with Crippen LogP contribution in [0.15, 0.2) is 0 Å². The van der Waals surface area contributed by atoms with Gasteiger partial charge in [0.1, 0.15) is 6.04 Å². The highest BCUT2D eigenvalue weighted by molar-refractivity contribution is 8.00. The monoisotopic (exact) mass is 321 g/mol. The van der Waals surface area contributed by atoms with Crippen LogP contribution in [-0.4, -0.2) is 66.7 Å². The Balaban J connectivity index is 3.93. The van der Waals surface area contributed by atoms with Gasteiger partial charge in [-0.05, 0) is 0 Å². The number of imide groups is 1. The minimum Gasteiger partial charge on any atom is -0.480 e. The SMILES string of the molecule is COCCNC(=O)NC(=O)CSC[C@H](NC(C)=O)C(=O)O. The number of carboxylic acids is 1. The molecule has 0 aromatic carbocycles. The van der Waals surface area contributed by atoms with Crippen molar-refractivity contribution in [1.82, 2.24) is 16.0 Å². The molecule has 0 saturated heterocycles. The molecule has 0 aromatic heterocycles. The van der Waals surface area contributed by atoms with Gasteiger partial charge in [0.25, 0.3) is 0 Å². The second-order valence-electron chi connectivity index (χ2n) is 3.90. The first-order valence-electron chi connectivity index (χ1n) is 6.01. The van der Waals surface area contributed by atoms with E-state index in [1.807, 2.05) is 0 Å². The fourth-order valence-electron chi connectivity index (χ4n) is 1.16. The number of thioether (sulfide) groups is 1. The number of nitrogens with one attached hydrogen (secondary N) is 3. The van der Waals surface area contributed by atoms with Crippen molar-refractivity contribution in [3.05, 3.63) is 0 Å². The summed E-state index contributed by atoms with van der Waals surface area (Å²) in [5.74, 6) is -2.28. The minimum atomic E-state index is -1.18. The lowest BCUT2D eigenvalue weighted by atomic mass is 10.3. The summed E-state index contributed by atoms with van der Waals surface area (Å²) in [5.41, 5.74) is 0. The molecule has 0 rings (SSSR count). The Hall–Kier alpha value is -1.81. The van der Waals surface area contributed by atoms with Gasteiger partial charge in [0.15, 0.2) is 0 Å². The van der Waals surface area contributed by atoms with Gasteiger partial charge in [-0.25, -0.2) is 9.59 Å². The van der Waals surface area contributed by atoms with Gasteiger partial charge in [-0.3, -0.25) is 14.9 Å². The van der Waals surface area contributed by atoms with Crippen LogP contribution in [0, 0.1) is 0 Å². The molecule has 10 heteroatoms. The van der Waals surface area contributed by atoms with E-state index in [0.29, 0.717) is 6.61 Å². The molecule has 21 heavy (non-hydrogen) atoms. The van der Waals surface area contributed by atoms with Gasteiger partial charge >= 0.3 is 12.0 Å². The second kappa shape index (κ2) is 10.9. The fraction of sp³-hybridized carbons (Fsp3) is 0.636. The van der Waals surface area contributed by atoms with Gasteiger partial charge < -0.3 is 20.5 Å². The first-order valence-corrected chi connectivity index (χ1v) is 7.16. The first-order chi connectivity index (χ1) is 9.86. The summed E-state index contributed by atoms with van der Waals surface area (Å²) in [6.45, 7) is 1.80. The van der Waals surface area contributed by atoms with Crippen molar-refractivity contribution in [3.8, 4) is 0 Å². The average Bonchev–Trinajstić information content (AvgIpc) is 2.37. The predicted octanol–water partition coefficient (Wildman–Crippen LogP) is -1.22. The lowest BCUT2D eigenvalue weighted by Crippen LogP contribution is -2.43. The van der Waals surface area contributed by atoms with E-state index >= 15 is 0 Å². The van der Waals surface area contributed by atoms with Gasteiger partial charge in [0.2, 0.25) is 11.8 Å². The molecule has 0 fully saturated rings. The molecule has 0 saturated carbocycles. The Labute approximate surface area is 126 Å². The predicted molar refractivity (Wildman–Crippen MR) is 76.0 cm³/mol. The van der Waals surface area contributed by atoms with E-state index < -0.39 is 29.9 Å². The van der Waals surface area contributed by atoms with Crippen molar-refractivity contribution in [1.29, 1.82) is 0 Å². The standard InChI is InChI=1S/C11H19N3O6S/c1-7(15)13-8(10(17)18)5-21-6-9(16)14-11(19)12-3-4-20-2/h8H,3-6H2,1-2H3,(H,13,15)(H,17,18)(H2,12,14,16,19)/t8-/m0/s1. The number of amides is 4. The van der Waals surface area contributed by atoms with Gasteiger partial charge in [-0.2, -0.15) is 0 Å². The zero-order valence-electron chi connectivity index (χ0n) is 11.8. The van der Waals surface area contributed by atoms with Gasteiger partial charge in [0, 0.05) is 26.3 Å². The highest BCUT2D eigenvalue weighted by Gasteiger charge is 2.19. The number of carbonyl (C=O) groups excluding carboxylic acids is 3. The van der Waals surface area contributed by atoms with Crippen LogP contribution < -0.4 is 16.0 Å². The molecule has 0 aromatic rings. The van der Waals surface area contributed by atoms with Crippen LogP contribution in [0.4, 0.5) is 4.79 Å². The van der Waals surface area contributed by atoms with E-state index in [9.17, 15) is 19.2 Å². The maximum Gasteiger partial charge on any atom is 0.327 e. The molecule has 0 aliphatic rings. The molecular formula is C11H19N3O6S. The Bertz CT molecular complexity index is 390. The third kappa shape index (κ3) is 10.6. The molecule has 0 unspecified atom stereocenters. The number of methoxy groups -OCH3 is 1. The van der Waals surface area contributed by atoms with Crippen molar-refractivity contribution >= 4 is 35.6 Å². The quantitative estimate of drug-likeness (QED) is 0.391. The molecule has 9 nitrogen and oxygen atoms in total. The fourth-order valence-corrected chi connectivity index (χ4v) is 2.00. The van der Waals surface area contributed by atoms with Crippen molar-refractivity contribution in [2.24, 2.45) is 0 Å². The van der Waals surface area contributed by atoms with Crippen molar-refractivity contribution < 1.29 is 29.0 Å². The van der Waals surface area contributed by atoms with Crippen LogP contribution in [0.5, 0.6) is 0 Å². The van der Waals surface area contributed by atoms with E-state index in [1.165, 1.54) is 14.0 Å². The zero-order chi connectivity index (χ0) is 16.3. The summed E-state index contributed by atoms with van der Waals surface area (Å²) in [5, 5.41) is 15.6. The summed E-state index contributed by atoms with van der Waals surface area (Å²) < 4.78 is 4.72. The molecule has 0 spiro atoms. The number of carboxylic acid groups (broad SMARTS) is 1. The summed E-state index contributed by atoms with van der Waals surface area (Å²) in [4.78, 5) is 44.3. The van der Waals surface area contributed by atoms with Crippen molar-refractivity contribution in [2.45, 2.75) is 13.0 Å². The maximum absolute atomic E-state index is 11.4. The van der Waals surface area contributed by atoms with Crippen LogP contribution >= 0.6 is 11.8 Å². The van der Waals surface area contributed by atoms with Crippen LogP contribution in [0.25, 0.3) is 0 Å². The molecular weight excluding hydrogens is 302 g/mol. The van der Waals surface area contributed by atoms with Crippen LogP contribution in [0.2, 0.25) is 0 Å². The normalized spacial score (nSPS) is 11.3.